The summed E-state index contributed by atoms with van der Waals surface area (Å²) in [5.74, 6) is 1.53. The third-order valence-corrected chi connectivity index (χ3v) is 7.43. The lowest BCUT2D eigenvalue weighted by Gasteiger charge is -2.33. The minimum absolute atomic E-state index is 0.321. The molecule has 152 valence electrons. The maximum Gasteiger partial charge on any atom is 0.0995 e. The summed E-state index contributed by atoms with van der Waals surface area (Å²) in [4.78, 5) is 4.34. The molecule has 2 heterocycles. The Morgan fingerprint density at radius 2 is 1.53 bits per heavy atom. The highest BCUT2D eigenvalue weighted by molar-refractivity contribution is 5.86. The van der Waals surface area contributed by atoms with Crippen LogP contribution in [0.4, 0.5) is 0 Å². The maximum absolute atomic E-state index is 11.5. The molecule has 1 N–H and O–H groups in total. The molecule has 2 aliphatic carbocycles. The molecular formula is C27H28N2O. The third kappa shape index (κ3) is 3.04. The number of aliphatic hydroxyl groups is 1. The molecule has 1 unspecified atom stereocenters. The minimum Gasteiger partial charge on any atom is -0.387 e. The van der Waals surface area contributed by atoms with E-state index >= 15 is 0 Å². The molecular weight excluding hydrogens is 368 g/mol. The van der Waals surface area contributed by atoms with Gasteiger partial charge >= 0.3 is 0 Å². The Kier molecular flexibility index (Phi) is 4.38. The van der Waals surface area contributed by atoms with Crippen molar-refractivity contribution < 1.29 is 5.11 Å². The Hall–Kier alpha value is -2.65. The first-order chi connectivity index (χ1) is 14.8. The second-order valence-electron chi connectivity index (χ2n) is 9.26. The Morgan fingerprint density at radius 3 is 2.37 bits per heavy atom. The zero-order valence-electron chi connectivity index (χ0n) is 17.2. The summed E-state index contributed by atoms with van der Waals surface area (Å²) in [5.41, 5.74) is 5.00. The van der Waals surface area contributed by atoms with Crippen LogP contribution < -0.4 is 0 Å². The number of nitrogens with zero attached hydrogens (tertiary/aromatic N) is 2. The summed E-state index contributed by atoms with van der Waals surface area (Å²) in [6.45, 7) is 0. The van der Waals surface area contributed by atoms with Gasteiger partial charge in [-0.1, -0.05) is 48.5 Å². The molecule has 0 amide bonds. The van der Waals surface area contributed by atoms with Crippen LogP contribution >= 0.6 is 0 Å². The van der Waals surface area contributed by atoms with Gasteiger partial charge in [-0.3, -0.25) is 0 Å². The summed E-state index contributed by atoms with van der Waals surface area (Å²) < 4.78 is 2.13. The maximum atomic E-state index is 11.5. The van der Waals surface area contributed by atoms with E-state index in [9.17, 15) is 5.11 Å². The van der Waals surface area contributed by atoms with Crippen LogP contribution in [0.25, 0.3) is 16.3 Å². The topological polar surface area (TPSA) is 37.5 Å². The van der Waals surface area contributed by atoms with E-state index in [-0.39, 0.29) is 0 Å². The van der Waals surface area contributed by atoms with E-state index in [1.807, 2.05) is 12.5 Å². The minimum atomic E-state index is -0.410. The van der Waals surface area contributed by atoms with Crippen molar-refractivity contribution in [2.45, 2.75) is 56.5 Å². The number of hydrogen-bond donors (Lipinski definition) is 1. The van der Waals surface area contributed by atoms with Gasteiger partial charge in [-0.2, -0.15) is 0 Å². The Balaban J connectivity index is 1.27. The van der Waals surface area contributed by atoms with E-state index < -0.39 is 6.10 Å². The van der Waals surface area contributed by atoms with Gasteiger partial charge in [-0.25, -0.2) is 4.98 Å². The van der Waals surface area contributed by atoms with Crippen molar-refractivity contribution in [1.82, 2.24) is 9.38 Å². The van der Waals surface area contributed by atoms with Gasteiger partial charge < -0.3 is 9.51 Å². The van der Waals surface area contributed by atoms with Gasteiger partial charge in [0.15, 0.2) is 0 Å². The molecule has 2 saturated carbocycles. The second kappa shape index (κ2) is 7.24. The predicted octanol–water partition coefficient (Wildman–Crippen LogP) is 6.37. The molecule has 2 aromatic heterocycles. The molecule has 2 aliphatic rings. The second-order valence-corrected chi connectivity index (χ2v) is 9.26. The van der Waals surface area contributed by atoms with E-state index in [0.29, 0.717) is 17.8 Å². The number of benzene rings is 2. The van der Waals surface area contributed by atoms with Crippen molar-refractivity contribution >= 4 is 16.3 Å². The zero-order valence-corrected chi connectivity index (χ0v) is 17.2. The predicted molar refractivity (Wildman–Crippen MR) is 121 cm³/mol. The van der Waals surface area contributed by atoms with Crippen LogP contribution in [0.2, 0.25) is 0 Å². The van der Waals surface area contributed by atoms with Gasteiger partial charge in [-0.15, -0.1) is 0 Å². The van der Waals surface area contributed by atoms with Crippen molar-refractivity contribution in [2.75, 3.05) is 0 Å². The monoisotopic (exact) mass is 396 g/mol. The molecule has 0 saturated heterocycles. The molecule has 2 fully saturated rings. The standard InChI is InChI=1S/C27H28N2O/c30-27(26-25(20-8-9-20)15-14-22-16-28-17-29(22)26)21-12-10-19(11-13-21)24-7-3-5-18-4-1-2-6-23(18)24/h1-7,14-17,19-21,27,30H,8-13H2. The van der Waals surface area contributed by atoms with Crippen molar-refractivity contribution in [1.29, 1.82) is 0 Å². The first-order valence-electron chi connectivity index (χ1n) is 11.4. The molecule has 0 aliphatic heterocycles. The number of rotatable bonds is 4. The molecule has 1 atom stereocenters. The highest BCUT2D eigenvalue weighted by atomic mass is 16.3. The fourth-order valence-electron chi connectivity index (χ4n) is 5.66. The summed E-state index contributed by atoms with van der Waals surface area (Å²) in [6, 6.07) is 19.8. The van der Waals surface area contributed by atoms with E-state index in [0.717, 1.165) is 36.9 Å². The van der Waals surface area contributed by atoms with Gasteiger partial charge in [-0.05, 0) is 84.2 Å². The summed E-state index contributed by atoms with van der Waals surface area (Å²) in [5, 5.41) is 14.2. The largest absolute Gasteiger partial charge is 0.387 e. The van der Waals surface area contributed by atoms with E-state index in [1.165, 1.54) is 34.7 Å². The van der Waals surface area contributed by atoms with E-state index in [4.69, 9.17) is 0 Å². The van der Waals surface area contributed by atoms with E-state index in [2.05, 4.69) is 64.0 Å². The van der Waals surface area contributed by atoms with Gasteiger partial charge in [0.2, 0.25) is 0 Å². The first kappa shape index (κ1) is 18.1. The van der Waals surface area contributed by atoms with Gasteiger partial charge in [0.1, 0.15) is 0 Å². The van der Waals surface area contributed by atoms with Crippen LogP contribution in [0.15, 0.2) is 67.1 Å². The molecule has 2 aromatic carbocycles. The molecule has 3 heteroatoms. The summed E-state index contributed by atoms with van der Waals surface area (Å²) in [6.07, 6.45) is 10.3. The van der Waals surface area contributed by atoms with Gasteiger partial charge in [0, 0.05) is 0 Å². The first-order valence-corrected chi connectivity index (χ1v) is 11.4. The van der Waals surface area contributed by atoms with Crippen LogP contribution in [-0.4, -0.2) is 14.5 Å². The lowest BCUT2D eigenvalue weighted by molar-refractivity contribution is 0.0755. The Morgan fingerprint density at radius 1 is 0.800 bits per heavy atom. The smallest absolute Gasteiger partial charge is 0.0995 e. The Bertz CT molecular complexity index is 1190. The molecule has 6 rings (SSSR count). The highest BCUT2D eigenvalue weighted by Crippen LogP contribution is 2.47. The summed E-state index contributed by atoms with van der Waals surface area (Å²) in [7, 11) is 0. The number of imidazole rings is 1. The average Bonchev–Trinajstić information content (AvgIpc) is 3.54. The number of pyridine rings is 1. The molecule has 0 bridgehead atoms. The van der Waals surface area contributed by atoms with Crippen LogP contribution in [0.1, 0.15) is 73.3 Å². The summed E-state index contributed by atoms with van der Waals surface area (Å²) >= 11 is 0. The molecule has 4 aromatic rings. The van der Waals surface area contributed by atoms with Crippen molar-refractivity contribution in [3.8, 4) is 0 Å². The fraction of sp³-hybridized carbons (Fsp3) is 0.370. The van der Waals surface area contributed by atoms with Crippen LogP contribution in [-0.2, 0) is 0 Å². The Labute approximate surface area is 177 Å². The number of aromatic nitrogens is 2. The highest BCUT2D eigenvalue weighted by Gasteiger charge is 2.34. The number of hydrogen-bond acceptors (Lipinski definition) is 2. The van der Waals surface area contributed by atoms with E-state index in [1.54, 1.807) is 0 Å². The van der Waals surface area contributed by atoms with Crippen molar-refractivity contribution in [3.63, 3.8) is 0 Å². The van der Waals surface area contributed by atoms with Crippen molar-refractivity contribution in [3.05, 3.63) is 83.9 Å². The zero-order chi connectivity index (χ0) is 20.1. The van der Waals surface area contributed by atoms with Crippen molar-refractivity contribution in [2.24, 2.45) is 5.92 Å². The average molecular weight is 397 g/mol. The third-order valence-electron chi connectivity index (χ3n) is 7.43. The van der Waals surface area contributed by atoms with Crippen LogP contribution in [0.5, 0.6) is 0 Å². The molecule has 3 nitrogen and oxygen atoms in total. The molecule has 30 heavy (non-hydrogen) atoms. The molecule has 0 radical (unpaired) electrons. The fourth-order valence-corrected chi connectivity index (χ4v) is 5.66. The number of fused-ring (bicyclic) bond motifs is 2. The SMILES string of the molecule is OC(c1c(C2CC2)ccc2cncn12)C1CCC(c2cccc3ccccc23)CC1. The van der Waals surface area contributed by atoms with Gasteiger partial charge in [0.05, 0.1) is 29.8 Å². The normalized spacial score (nSPS) is 23.1. The van der Waals surface area contributed by atoms with Crippen LogP contribution in [0, 0.1) is 5.92 Å². The quantitative estimate of drug-likeness (QED) is 0.435. The lowest BCUT2D eigenvalue weighted by Crippen LogP contribution is -2.22. The van der Waals surface area contributed by atoms with Gasteiger partial charge in [0.25, 0.3) is 0 Å². The molecule has 0 spiro atoms. The number of aliphatic hydroxyl groups excluding tert-OH is 1. The lowest BCUT2D eigenvalue weighted by atomic mass is 9.74. The van der Waals surface area contributed by atoms with Crippen LogP contribution in [0.3, 0.4) is 0 Å².